The molecule has 0 unspecified atom stereocenters. The van der Waals surface area contributed by atoms with Crippen molar-refractivity contribution in [3.05, 3.63) is 53.8 Å². The van der Waals surface area contributed by atoms with Crippen molar-refractivity contribution < 1.29 is 28.0 Å². The molecule has 9 nitrogen and oxygen atoms in total. The van der Waals surface area contributed by atoms with Crippen LogP contribution in [-0.4, -0.2) is 46.7 Å². The maximum absolute atomic E-state index is 14.5. The van der Waals surface area contributed by atoms with Crippen molar-refractivity contribution in [3.8, 4) is 0 Å². The molecule has 1 aliphatic rings. The number of hydrogen-bond acceptors (Lipinski definition) is 7. The van der Waals surface area contributed by atoms with E-state index in [0.717, 1.165) is 5.56 Å². The van der Waals surface area contributed by atoms with Crippen LogP contribution in [-0.2, 0) is 9.57 Å². The van der Waals surface area contributed by atoms with E-state index in [-0.39, 0.29) is 29.3 Å². The second-order valence-corrected chi connectivity index (χ2v) is 9.50. The molecular formula is C27H35FN4O5. The second kappa shape index (κ2) is 12.1. The first-order chi connectivity index (χ1) is 17.6. The third-order valence-corrected chi connectivity index (χ3v) is 5.49. The number of furan rings is 1. The Kier molecular flexibility index (Phi) is 9.09. The molecule has 10 heteroatoms. The van der Waals surface area contributed by atoms with Gasteiger partial charge in [-0.05, 0) is 64.3 Å². The largest absolute Gasteiger partial charge is 0.448 e. The molecule has 200 valence electrons. The number of piperidine rings is 1. The van der Waals surface area contributed by atoms with Gasteiger partial charge in [-0.3, -0.25) is 14.6 Å². The van der Waals surface area contributed by atoms with Gasteiger partial charge in [0.1, 0.15) is 22.7 Å². The molecule has 0 bridgehead atoms. The maximum Gasteiger partial charge on any atom is 0.410 e. The molecule has 2 aromatic heterocycles. The summed E-state index contributed by atoms with van der Waals surface area (Å²) in [5, 5.41) is 3.49. The summed E-state index contributed by atoms with van der Waals surface area (Å²) in [5.74, 6) is -1.13. The summed E-state index contributed by atoms with van der Waals surface area (Å²) < 4.78 is 25.6. The number of rotatable bonds is 5. The predicted molar refractivity (Wildman–Crippen MR) is 139 cm³/mol. The summed E-state index contributed by atoms with van der Waals surface area (Å²) in [6.45, 7) is 12.1. The Morgan fingerprint density at radius 2 is 1.86 bits per heavy atom. The van der Waals surface area contributed by atoms with Crippen LogP contribution < -0.4 is 10.8 Å². The van der Waals surface area contributed by atoms with E-state index in [1.165, 1.54) is 12.3 Å². The number of fused-ring (bicyclic) bond motifs is 1. The number of hydroxylamine groups is 1. The van der Waals surface area contributed by atoms with Gasteiger partial charge in [0.2, 0.25) is 5.76 Å². The average Bonchev–Trinajstić information content (AvgIpc) is 3.23. The first kappa shape index (κ1) is 27.9. The number of nitrogens with zero attached hydrogens (tertiary/aromatic N) is 2. The number of likely N-dealkylation sites (tertiary alicyclic amines) is 1. The number of carbonyl (C=O) groups is 2. The molecule has 0 saturated carbocycles. The molecule has 1 fully saturated rings. The molecule has 37 heavy (non-hydrogen) atoms. The molecule has 3 heterocycles. The number of aromatic nitrogens is 1. The summed E-state index contributed by atoms with van der Waals surface area (Å²) >= 11 is 0. The highest BCUT2D eigenvalue weighted by Crippen LogP contribution is 2.33. The fourth-order valence-electron chi connectivity index (χ4n) is 3.75. The van der Waals surface area contributed by atoms with Crippen LogP contribution in [0.1, 0.15) is 63.6 Å². The summed E-state index contributed by atoms with van der Waals surface area (Å²) in [4.78, 5) is 36.5. The van der Waals surface area contributed by atoms with E-state index in [1.54, 1.807) is 36.2 Å². The average molecular weight is 515 g/mol. The van der Waals surface area contributed by atoms with Crippen LogP contribution in [0.2, 0.25) is 0 Å². The molecule has 1 aliphatic heterocycles. The van der Waals surface area contributed by atoms with Gasteiger partial charge in [0.05, 0.1) is 17.2 Å². The number of pyridine rings is 1. The summed E-state index contributed by atoms with van der Waals surface area (Å²) in [7, 11) is 0. The fraction of sp³-hybridized carbons (Fsp3) is 0.444. The van der Waals surface area contributed by atoms with E-state index in [1.807, 2.05) is 34.6 Å². The van der Waals surface area contributed by atoms with E-state index in [0.29, 0.717) is 36.9 Å². The van der Waals surface area contributed by atoms with Gasteiger partial charge >= 0.3 is 12.0 Å². The second-order valence-electron chi connectivity index (χ2n) is 9.50. The van der Waals surface area contributed by atoms with Crippen molar-refractivity contribution in [2.24, 2.45) is 0 Å². The molecule has 2 amide bonds. The molecule has 4 rings (SSSR count). The minimum atomic E-state index is -0.620. The Balaban J connectivity index is 0.00000186. The first-order valence-electron chi connectivity index (χ1n) is 12.4. The van der Waals surface area contributed by atoms with Gasteiger partial charge in [0.15, 0.2) is 0 Å². The lowest BCUT2D eigenvalue weighted by atomic mass is 10.1. The van der Waals surface area contributed by atoms with Crippen LogP contribution in [0.15, 0.2) is 41.1 Å². The molecule has 0 spiro atoms. The van der Waals surface area contributed by atoms with Crippen molar-refractivity contribution in [1.82, 2.24) is 15.4 Å². The van der Waals surface area contributed by atoms with Crippen molar-refractivity contribution in [1.29, 1.82) is 0 Å². The number of halogens is 1. The predicted octanol–water partition coefficient (Wildman–Crippen LogP) is 6.11. The van der Waals surface area contributed by atoms with E-state index < -0.39 is 17.3 Å². The third kappa shape index (κ3) is 7.19. The van der Waals surface area contributed by atoms with Crippen molar-refractivity contribution in [2.45, 2.75) is 66.1 Å². The fourth-order valence-corrected chi connectivity index (χ4v) is 3.75. The Morgan fingerprint density at radius 3 is 2.51 bits per heavy atom. The summed E-state index contributed by atoms with van der Waals surface area (Å²) in [6.07, 6.45) is 3.49. The standard InChI is InChI=1S/C25H29FN4O5.C2H6/c1-15-5-6-19(18(26)13-15)28-21-17-14-27-10-7-20(17)33-22(21)23(31)29-35-16-8-11-30(12-9-16)24(32)34-25(2,3)4;1-2/h5-7,10,13-14,16,28H,8-9,11-12H2,1-4H3,(H,29,31);1-2H3. The Bertz CT molecular complexity index is 1230. The highest BCUT2D eigenvalue weighted by atomic mass is 19.1. The number of amides is 2. The van der Waals surface area contributed by atoms with Gasteiger partial charge in [-0.15, -0.1) is 0 Å². The van der Waals surface area contributed by atoms with Crippen molar-refractivity contribution in [2.75, 3.05) is 18.4 Å². The van der Waals surface area contributed by atoms with Gasteiger partial charge in [0, 0.05) is 25.5 Å². The summed E-state index contributed by atoms with van der Waals surface area (Å²) in [5.41, 5.74) is 3.56. The molecule has 0 atom stereocenters. The number of benzene rings is 1. The molecular weight excluding hydrogens is 479 g/mol. The number of nitrogens with one attached hydrogen (secondary N) is 2. The number of carbonyl (C=O) groups excluding carboxylic acids is 2. The number of aryl methyl sites for hydroxylation is 1. The summed E-state index contributed by atoms with van der Waals surface area (Å²) in [6, 6.07) is 6.38. The lowest BCUT2D eigenvalue weighted by molar-refractivity contribution is -0.0473. The smallest absolute Gasteiger partial charge is 0.410 e. The highest BCUT2D eigenvalue weighted by molar-refractivity contribution is 6.06. The lowest BCUT2D eigenvalue weighted by Crippen LogP contribution is -2.44. The zero-order chi connectivity index (χ0) is 27.2. The normalized spacial score (nSPS) is 14.1. The number of ether oxygens (including phenoxy) is 1. The Hall–Kier alpha value is -3.66. The number of hydrogen-bond donors (Lipinski definition) is 2. The minimum absolute atomic E-state index is 0.0563. The Labute approximate surface area is 216 Å². The van der Waals surface area contributed by atoms with Crippen molar-refractivity contribution >= 4 is 34.3 Å². The van der Waals surface area contributed by atoms with Crippen LogP contribution in [0.4, 0.5) is 20.6 Å². The number of anilines is 2. The first-order valence-corrected chi connectivity index (χ1v) is 12.4. The van der Waals surface area contributed by atoms with E-state index in [4.69, 9.17) is 14.0 Å². The third-order valence-electron chi connectivity index (χ3n) is 5.49. The van der Waals surface area contributed by atoms with E-state index in [2.05, 4.69) is 15.8 Å². The van der Waals surface area contributed by atoms with Gasteiger partial charge in [-0.2, -0.15) is 0 Å². The monoisotopic (exact) mass is 514 g/mol. The SMILES string of the molecule is CC.Cc1ccc(Nc2c(C(=O)NOC3CCN(C(=O)OC(C)(C)C)CC3)oc3ccncc23)c(F)c1. The topological polar surface area (TPSA) is 106 Å². The molecule has 0 aliphatic carbocycles. The lowest BCUT2D eigenvalue weighted by Gasteiger charge is -2.33. The maximum atomic E-state index is 14.5. The quantitative estimate of drug-likeness (QED) is 0.396. The Morgan fingerprint density at radius 1 is 1.16 bits per heavy atom. The molecule has 1 saturated heterocycles. The molecule has 0 radical (unpaired) electrons. The minimum Gasteiger partial charge on any atom is -0.448 e. The van der Waals surface area contributed by atoms with Gasteiger partial charge in [-0.25, -0.2) is 14.7 Å². The van der Waals surface area contributed by atoms with Crippen LogP contribution in [0.25, 0.3) is 11.0 Å². The van der Waals surface area contributed by atoms with Crippen LogP contribution >= 0.6 is 0 Å². The van der Waals surface area contributed by atoms with Crippen LogP contribution in [0, 0.1) is 12.7 Å². The van der Waals surface area contributed by atoms with Gasteiger partial charge in [0.25, 0.3) is 0 Å². The molecule has 3 aromatic rings. The molecule has 2 N–H and O–H groups in total. The van der Waals surface area contributed by atoms with E-state index in [9.17, 15) is 14.0 Å². The van der Waals surface area contributed by atoms with Gasteiger partial charge < -0.3 is 19.4 Å². The van der Waals surface area contributed by atoms with Crippen LogP contribution in [0.3, 0.4) is 0 Å². The van der Waals surface area contributed by atoms with Crippen LogP contribution in [0.5, 0.6) is 0 Å². The van der Waals surface area contributed by atoms with Gasteiger partial charge in [-0.1, -0.05) is 19.9 Å². The highest BCUT2D eigenvalue weighted by Gasteiger charge is 2.29. The van der Waals surface area contributed by atoms with E-state index >= 15 is 0 Å². The van der Waals surface area contributed by atoms with Crippen molar-refractivity contribution in [3.63, 3.8) is 0 Å². The molecule has 1 aromatic carbocycles. The zero-order valence-corrected chi connectivity index (χ0v) is 22.2. The zero-order valence-electron chi connectivity index (χ0n) is 22.2.